The predicted molar refractivity (Wildman–Crippen MR) is 62.1 cm³/mol. The fourth-order valence-corrected chi connectivity index (χ4v) is 2.20. The number of aliphatic imine (C=N–C) groups is 1. The standard InChI is InChI=1S/C9H15N5S/c1-14-7-12-8(13-14)3-5-11-9-10-4-2-6-15-9/h7H,2-6H2,1H3,(H,10,11). The van der Waals surface area contributed by atoms with Crippen molar-refractivity contribution in [3.8, 4) is 0 Å². The molecule has 2 rings (SSSR count). The summed E-state index contributed by atoms with van der Waals surface area (Å²) in [6.45, 7) is 1.81. The van der Waals surface area contributed by atoms with Gasteiger partial charge in [-0.15, -0.1) is 0 Å². The van der Waals surface area contributed by atoms with Crippen molar-refractivity contribution in [1.29, 1.82) is 0 Å². The largest absolute Gasteiger partial charge is 0.364 e. The highest BCUT2D eigenvalue weighted by Gasteiger charge is 2.05. The molecule has 0 saturated heterocycles. The third-order valence-electron chi connectivity index (χ3n) is 2.07. The molecule has 0 radical (unpaired) electrons. The van der Waals surface area contributed by atoms with Gasteiger partial charge in [0.15, 0.2) is 11.0 Å². The Hall–Kier alpha value is -1.04. The van der Waals surface area contributed by atoms with Crippen molar-refractivity contribution in [1.82, 2.24) is 20.1 Å². The van der Waals surface area contributed by atoms with Crippen molar-refractivity contribution in [2.45, 2.75) is 12.8 Å². The molecule has 6 heteroatoms. The van der Waals surface area contributed by atoms with Crippen LogP contribution in [0.4, 0.5) is 0 Å². The third kappa shape index (κ3) is 3.23. The quantitative estimate of drug-likeness (QED) is 0.811. The average Bonchev–Trinajstić information content (AvgIpc) is 2.66. The van der Waals surface area contributed by atoms with Crippen molar-refractivity contribution in [3.63, 3.8) is 0 Å². The molecular weight excluding hydrogens is 210 g/mol. The average molecular weight is 225 g/mol. The van der Waals surface area contributed by atoms with Crippen LogP contribution in [0.25, 0.3) is 0 Å². The molecule has 82 valence electrons. The minimum absolute atomic E-state index is 0.848. The molecule has 1 N–H and O–H groups in total. The highest BCUT2D eigenvalue weighted by atomic mass is 32.2. The molecule has 2 heterocycles. The van der Waals surface area contributed by atoms with E-state index in [0.29, 0.717) is 0 Å². The Morgan fingerprint density at radius 2 is 2.53 bits per heavy atom. The third-order valence-corrected chi connectivity index (χ3v) is 3.11. The van der Waals surface area contributed by atoms with Gasteiger partial charge in [0.05, 0.1) is 0 Å². The number of aryl methyl sites for hydroxylation is 1. The van der Waals surface area contributed by atoms with Crippen LogP contribution >= 0.6 is 11.8 Å². The molecule has 0 saturated carbocycles. The number of nitrogens with one attached hydrogen (secondary N) is 1. The van der Waals surface area contributed by atoms with Crippen LogP contribution in [0.3, 0.4) is 0 Å². The first-order valence-electron chi connectivity index (χ1n) is 5.10. The topological polar surface area (TPSA) is 55.1 Å². The Kier molecular flexibility index (Phi) is 3.60. The molecule has 15 heavy (non-hydrogen) atoms. The molecule has 1 aromatic heterocycles. The Morgan fingerprint density at radius 1 is 1.60 bits per heavy atom. The van der Waals surface area contributed by atoms with E-state index in [0.717, 1.165) is 30.5 Å². The van der Waals surface area contributed by atoms with Crippen molar-refractivity contribution >= 4 is 16.9 Å². The second-order valence-electron chi connectivity index (χ2n) is 3.40. The summed E-state index contributed by atoms with van der Waals surface area (Å²) in [4.78, 5) is 8.55. The van der Waals surface area contributed by atoms with E-state index in [1.807, 2.05) is 7.05 Å². The van der Waals surface area contributed by atoms with Gasteiger partial charge in [-0.2, -0.15) is 5.10 Å². The van der Waals surface area contributed by atoms with Gasteiger partial charge in [-0.3, -0.25) is 9.67 Å². The van der Waals surface area contributed by atoms with Crippen LogP contribution in [0, 0.1) is 0 Å². The molecule has 0 aromatic carbocycles. The van der Waals surface area contributed by atoms with Crippen molar-refractivity contribution < 1.29 is 0 Å². The number of aromatic nitrogens is 3. The highest BCUT2D eigenvalue weighted by Crippen LogP contribution is 2.09. The number of hydrogen-bond acceptors (Lipinski definition) is 5. The first-order valence-corrected chi connectivity index (χ1v) is 6.09. The zero-order chi connectivity index (χ0) is 10.5. The van der Waals surface area contributed by atoms with Crippen molar-refractivity contribution in [2.75, 3.05) is 18.8 Å². The molecule has 1 aliphatic rings. The summed E-state index contributed by atoms with van der Waals surface area (Å²) in [7, 11) is 1.88. The van der Waals surface area contributed by atoms with Crippen LogP contribution < -0.4 is 5.32 Å². The van der Waals surface area contributed by atoms with E-state index in [9.17, 15) is 0 Å². The van der Waals surface area contributed by atoms with E-state index in [-0.39, 0.29) is 0 Å². The lowest BCUT2D eigenvalue weighted by molar-refractivity contribution is 0.730. The van der Waals surface area contributed by atoms with Gasteiger partial charge in [-0.05, 0) is 6.42 Å². The Morgan fingerprint density at radius 3 is 3.20 bits per heavy atom. The number of nitrogens with zero attached hydrogens (tertiary/aromatic N) is 4. The monoisotopic (exact) mass is 225 g/mol. The first kappa shape index (κ1) is 10.5. The van der Waals surface area contributed by atoms with Gasteiger partial charge in [0, 0.05) is 32.3 Å². The fourth-order valence-electron chi connectivity index (χ4n) is 1.35. The first-order chi connectivity index (χ1) is 7.34. The summed E-state index contributed by atoms with van der Waals surface area (Å²) < 4.78 is 1.72. The minimum Gasteiger partial charge on any atom is -0.364 e. The molecule has 0 aliphatic carbocycles. The summed E-state index contributed by atoms with van der Waals surface area (Å²) in [5.41, 5.74) is 0. The zero-order valence-electron chi connectivity index (χ0n) is 8.81. The summed E-state index contributed by atoms with van der Waals surface area (Å²) >= 11 is 1.80. The maximum atomic E-state index is 4.39. The van der Waals surface area contributed by atoms with Gasteiger partial charge in [-0.25, -0.2) is 4.98 Å². The molecule has 0 unspecified atom stereocenters. The molecule has 0 amide bonds. The highest BCUT2D eigenvalue weighted by molar-refractivity contribution is 8.13. The molecule has 0 atom stereocenters. The normalized spacial score (nSPS) is 16.2. The smallest absolute Gasteiger partial charge is 0.156 e. The van der Waals surface area contributed by atoms with Crippen LogP contribution in [-0.2, 0) is 13.5 Å². The molecule has 0 spiro atoms. The van der Waals surface area contributed by atoms with Gasteiger partial charge in [-0.1, -0.05) is 11.8 Å². The molecular formula is C9H15N5S. The maximum Gasteiger partial charge on any atom is 0.156 e. The molecule has 1 aliphatic heterocycles. The SMILES string of the molecule is Cn1cnc(CCNC2=NCCCS2)n1. The van der Waals surface area contributed by atoms with Crippen molar-refractivity contribution in [2.24, 2.45) is 12.0 Å². The Balaban J connectivity index is 1.72. The second kappa shape index (κ2) is 5.16. The lowest BCUT2D eigenvalue weighted by Crippen LogP contribution is -2.25. The number of rotatable bonds is 3. The Labute approximate surface area is 93.4 Å². The van der Waals surface area contributed by atoms with Crippen LogP contribution in [0.2, 0.25) is 0 Å². The number of thioether (sulfide) groups is 1. The summed E-state index contributed by atoms with van der Waals surface area (Å²) in [6, 6.07) is 0. The summed E-state index contributed by atoms with van der Waals surface area (Å²) in [5.74, 6) is 2.06. The van der Waals surface area contributed by atoms with Crippen molar-refractivity contribution in [3.05, 3.63) is 12.2 Å². The summed E-state index contributed by atoms with van der Waals surface area (Å²) in [6.07, 6.45) is 3.76. The predicted octanol–water partition coefficient (Wildman–Crippen LogP) is 0.440. The molecule has 0 fully saturated rings. The van der Waals surface area contributed by atoms with Gasteiger partial charge in [0.25, 0.3) is 0 Å². The van der Waals surface area contributed by atoms with Gasteiger partial charge >= 0.3 is 0 Å². The van der Waals surface area contributed by atoms with Gasteiger partial charge < -0.3 is 5.32 Å². The van der Waals surface area contributed by atoms with E-state index >= 15 is 0 Å². The number of hydrogen-bond donors (Lipinski definition) is 1. The molecule has 5 nitrogen and oxygen atoms in total. The van der Waals surface area contributed by atoms with Crippen LogP contribution in [-0.4, -0.2) is 38.8 Å². The lowest BCUT2D eigenvalue weighted by atomic mass is 10.4. The lowest BCUT2D eigenvalue weighted by Gasteiger charge is -2.12. The van der Waals surface area contributed by atoms with Gasteiger partial charge in [0.2, 0.25) is 0 Å². The second-order valence-corrected chi connectivity index (χ2v) is 4.48. The van der Waals surface area contributed by atoms with Gasteiger partial charge in [0.1, 0.15) is 6.33 Å². The van der Waals surface area contributed by atoms with Crippen LogP contribution in [0.15, 0.2) is 11.3 Å². The molecule has 1 aromatic rings. The minimum atomic E-state index is 0.848. The van der Waals surface area contributed by atoms with Crippen LogP contribution in [0.5, 0.6) is 0 Å². The maximum absolute atomic E-state index is 4.39. The van der Waals surface area contributed by atoms with E-state index in [1.165, 1.54) is 12.2 Å². The fraction of sp³-hybridized carbons (Fsp3) is 0.667. The zero-order valence-corrected chi connectivity index (χ0v) is 9.63. The van der Waals surface area contributed by atoms with E-state index in [1.54, 1.807) is 22.8 Å². The van der Waals surface area contributed by atoms with E-state index in [2.05, 4.69) is 20.4 Å². The van der Waals surface area contributed by atoms with Crippen LogP contribution in [0.1, 0.15) is 12.2 Å². The Bertz CT molecular complexity index is 346. The van der Waals surface area contributed by atoms with E-state index in [4.69, 9.17) is 0 Å². The van der Waals surface area contributed by atoms with E-state index < -0.39 is 0 Å². The summed E-state index contributed by atoms with van der Waals surface area (Å²) in [5, 5.41) is 8.58. The molecule has 0 bridgehead atoms. The number of amidine groups is 1.